The Bertz CT molecular complexity index is 816. The Kier molecular flexibility index (Phi) is 3.03. The van der Waals surface area contributed by atoms with Crippen LogP contribution in [0.5, 0.6) is 0 Å². The summed E-state index contributed by atoms with van der Waals surface area (Å²) in [6.45, 7) is 0. The highest BCUT2D eigenvalue weighted by molar-refractivity contribution is 7.10. The van der Waals surface area contributed by atoms with Crippen molar-refractivity contribution in [2.45, 2.75) is 37.6 Å². The van der Waals surface area contributed by atoms with Gasteiger partial charge in [0.2, 0.25) is 17.1 Å². The summed E-state index contributed by atoms with van der Waals surface area (Å²) in [6, 6.07) is 9.91. The van der Waals surface area contributed by atoms with Gasteiger partial charge in [0.1, 0.15) is 6.10 Å². The largest absolute Gasteiger partial charge is 0.447 e. The molecule has 4 atom stereocenters. The smallest absolute Gasteiger partial charge is 0.217 e. The predicted molar refractivity (Wildman–Crippen MR) is 83.4 cm³/mol. The van der Waals surface area contributed by atoms with E-state index in [1.807, 2.05) is 11.4 Å². The highest BCUT2D eigenvalue weighted by Gasteiger charge is 2.80. The lowest BCUT2D eigenvalue weighted by atomic mass is 9.52. The zero-order valence-electron chi connectivity index (χ0n) is 12.8. The number of hydrogen-bond acceptors (Lipinski definition) is 7. The van der Waals surface area contributed by atoms with Crippen molar-refractivity contribution in [3.8, 4) is 18.2 Å². The summed E-state index contributed by atoms with van der Waals surface area (Å²) in [4.78, 5) is 0.708. The molecule has 3 fully saturated rings. The molecule has 0 radical (unpaired) electrons. The molecule has 120 valence electrons. The summed E-state index contributed by atoms with van der Waals surface area (Å²) >= 11 is 1.38. The molecule has 0 amide bonds. The van der Waals surface area contributed by atoms with E-state index in [0.29, 0.717) is 17.7 Å². The standard InChI is InChI=1S/C17H14N4O2S/c18-8-15(9-19)13(11-4-3-7-24-11)22-17-6-2-1-5-12(17)16(15,10-20)14(21)23-17/h3-4,7,12-13,21H,1-2,5-6H2/t12-,13+,16-,17+/m0/s1. The number of nitriles is 3. The number of hydrogen-bond donors (Lipinski definition) is 1. The minimum atomic E-state index is -1.80. The quantitative estimate of drug-likeness (QED) is 0.844. The van der Waals surface area contributed by atoms with Crippen LogP contribution >= 0.6 is 11.3 Å². The molecule has 3 heterocycles. The van der Waals surface area contributed by atoms with Gasteiger partial charge in [-0.2, -0.15) is 15.8 Å². The lowest BCUT2D eigenvalue weighted by Crippen LogP contribution is -2.60. The van der Waals surface area contributed by atoms with Crippen LogP contribution in [0.1, 0.15) is 36.7 Å². The van der Waals surface area contributed by atoms with E-state index in [2.05, 4.69) is 18.2 Å². The van der Waals surface area contributed by atoms with Gasteiger partial charge in [-0.3, -0.25) is 5.41 Å². The Morgan fingerprint density at radius 3 is 2.62 bits per heavy atom. The molecular formula is C17H14N4O2S. The van der Waals surface area contributed by atoms with E-state index in [9.17, 15) is 15.8 Å². The SMILES string of the molecule is N#CC1(C#N)[C@@H](c2cccs2)O[C@@]23CCCC[C@H]2[C@@]1(C#N)C(=N)O3. The molecule has 7 heteroatoms. The summed E-state index contributed by atoms with van der Waals surface area (Å²) in [7, 11) is 0. The average Bonchev–Trinajstić information content (AvgIpc) is 3.19. The fourth-order valence-corrected chi connectivity index (χ4v) is 5.37. The van der Waals surface area contributed by atoms with E-state index >= 15 is 0 Å². The van der Waals surface area contributed by atoms with Gasteiger partial charge in [0.05, 0.1) is 24.1 Å². The van der Waals surface area contributed by atoms with Crippen LogP contribution in [0.4, 0.5) is 0 Å². The third-order valence-electron chi connectivity index (χ3n) is 5.62. The summed E-state index contributed by atoms with van der Waals surface area (Å²) < 4.78 is 12.1. The highest BCUT2D eigenvalue weighted by atomic mass is 32.1. The maximum absolute atomic E-state index is 10.1. The first kappa shape index (κ1) is 15.1. The second-order valence-corrected chi connectivity index (χ2v) is 7.49. The molecule has 1 aromatic heterocycles. The van der Waals surface area contributed by atoms with Crippen molar-refractivity contribution in [3.63, 3.8) is 0 Å². The Hall–Kier alpha value is -2.40. The predicted octanol–water partition coefficient (Wildman–Crippen LogP) is 3.26. The average molecular weight is 338 g/mol. The number of rotatable bonds is 1. The topological polar surface area (TPSA) is 114 Å². The van der Waals surface area contributed by atoms with Crippen molar-refractivity contribution < 1.29 is 9.47 Å². The fourth-order valence-electron chi connectivity index (χ4n) is 4.56. The zero-order chi connectivity index (χ0) is 17.0. The minimum absolute atomic E-state index is 0.293. The van der Waals surface area contributed by atoms with E-state index in [-0.39, 0.29) is 5.90 Å². The van der Waals surface area contributed by atoms with Gasteiger partial charge in [0.25, 0.3) is 0 Å². The normalized spacial score (nSPS) is 39.0. The third-order valence-corrected chi connectivity index (χ3v) is 6.53. The van der Waals surface area contributed by atoms with Gasteiger partial charge in [0, 0.05) is 11.3 Å². The molecule has 0 unspecified atom stereocenters. The Morgan fingerprint density at radius 2 is 2.00 bits per heavy atom. The summed E-state index contributed by atoms with van der Waals surface area (Å²) in [6.07, 6.45) is 2.02. The molecule has 6 nitrogen and oxygen atoms in total. The van der Waals surface area contributed by atoms with Crippen LogP contribution in [0, 0.1) is 56.2 Å². The van der Waals surface area contributed by atoms with E-state index in [1.54, 1.807) is 6.07 Å². The summed E-state index contributed by atoms with van der Waals surface area (Å²) in [5.41, 5.74) is -3.39. The summed E-state index contributed by atoms with van der Waals surface area (Å²) in [5, 5.41) is 40.2. The molecule has 2 saturated heterocycles. The lowest BCUT2D eigenvalue weighted by Gasteiger charge is -2.51. The van der Waals surface area contributed by atoms with Gasteiger partial charge in [-0.1, -0.05) is 12.5 Å². The van der Waals surface area contributed by atoms with Crippen LogP contribution in [0.25, 0.3) is 0 Å². The lowest BCUT2D eigenvalue weighted by molar-refractivity contribution is -0.293. The monoisotopic (exact) mass is 338 g/mol. The Labute approximate surface area is 143 Å². The molecule has 1 saturated carbocycles. The van der Waals surface area contributed by atoms with Crippen LogP contribution in [-0.4, -0.2) is 11.7 Å². The number of nitrogens with one attached hydrogen (secondary N) is 1. The first-order valence-electron chi connectivity index (χ1n) is 7.83. The van der Waals surface area contributed by atoms with E-state index in [0.717, 1.165) is 12.8 Å². The molecule has 1 aliphatic carbocycles. The van der Waals surface area contributed by atoms with Crippen molar-refractivity contribution in [2.24, 2.45) is 16.7 Å². The second kappa shape index (κ2) is 4.80. The zero-order valence-corrected chi connectivity index (χ0v) is 13.6. The summed E-state index contributed by atoms with van der Waals surface area (Å²) in [5.74, 6) is -1.83. The van der Waals surface area contributed by atoms with E-state index < -0.39 is 28.6 Å². The molecule has 3 aliphatic rings. The number of thiophene rings is 1. The first-order valence-corrected chi connectivity index (χ1v) is 8.71. The Balaban J connectivity index is 2.02. The van der Waals surface area contributed by atoms with Crippen molar-refractivity contribution in [1.29, 1.82) is 21.2 Å². The molecule has 24 heavy (non-hydrogen) atoms. The van der Waals surface area contributed by atoms with Gasteiger partial charge in [0.15, 0.2) is 5.41 Å². The molecule has 4 rings (SSSR count). The molecule has 2 aliphatic heterocycles. The maximum atomic E-state index is 10.1. The van der Waals surface area contributed by atoms with Gasteiger partial charge < -0.3 is 9.47 Å². The molecular weight excluding hydrogens is 324 g/mol. The van der Waals surface area contributed by atoms with Crippen molar-refractivity contribution >= 4 is 17.2 Å². The van der Waals surface area contributed by atoms with Crippen LogP contribution in [0.15, 0.2) is 17.5 Å². The van der Waals surface area contributed by atoms with Crippen molar-refractivity contribution in [3.05, 3.63) is 22.4 Å². The molecule has 2 bridgehead atoms. The molecule has 0 spiro atoms. The maximum Gasteiger partial charge on any atom is 0.217 e. The number of nitrogens with zero attached hydrogens (tertiary/aromatic N) is 3. The van der Waals surface area contributed by atoms with E-state index in [1.165, 1.54) is 11.3 Å². The number of ether oxygens (including phenoxy) is 2. The molecule has 0 aromatic carbocycles. The van der Waals surface area contributed by atoms with Crippen molar-refractivity contribution in [2.75, 3.05) is 0 Å². The third kappa shape index (κ3) is 1.44. The molecule has 1 aromatic rings. The van der Waals surface area contributed by atoms with Crippen LogP contribution < -0.4 is 0 Å². The minimum Gasteiger partial charge on any atom is -0.447 e. The Morgan fingerprint density at radius 1 is 1.21 bits per heavy atom. The van der Waals surface area contributed by atoms with Gasteiger partial charge in [-0.25, -0.2) is 0 Å². The fraction of sp³-hybridized carbons (Fsp3) is 0.529. The van der Waals surface area contributed by atoms with Gasteiger partial charge in [-0.15, -0.1) is 11.3 Å². The van der Waals surface area contributed by atoms with Crippen LogP contribution in [0.2, 0.25) is 0 Å². The molecule has 1 N–H and O–H groups in total. The van der Waals surface area contributed by atoms with Gasteiger partial charge in [-0.05, 0) is 24.3 Å². The van der Waals surface area contributed by atoms with Crippen molar-refractivity contribution in [1.82, 2.24) is 0 Å². The highest BCUT2D eigenvalue weighted by Crippen LogP contribution is 2.69. The first-order chi connectivity index (χ1) is 11.6. The van der Waals surface area contributed by atoms with Crippen LogP contribution in [0.3, 0.4) is 0 Å². The second-order valence-electron chi connectivity index (χ2n) is 6.51. The van der Waals surface area contributed by atoms with E-state index in [4.69, 9.17) is 14.9 Å². The van der Waals surface area contributed by atoms with Gasteiger partial charge >= 0.3 is 0 Å². The van der Waals surface area contributed by atoms with Crippen LogP contribution in [-0.2, 0) is 9.47 Å².